The van der Waals surface area contributed by atoms with E-state index >= 15 is 0 Å². The normalized spacial score (nSPS) is 11.3. The van der Waals surface area contributed by atoms with Crippen LogP contribution in [0.1, 0.15) is 11.1 Å². The number of nitrogens with zero attached hydrogens (tertiary/aromatic N) is 4. The Balaban J connectivity index is 1.19. The number of fused-ring (bicyclic) bond motifs is 6. The van der Waals surface area contributed by atoms with Gasteiger partial charge in [-0.3, -0.25) is 0 Å². The lowest BCUT2D eigenvalue weighted by Crippen LogP contribution is -1.99. The molecule has 222 valence electrons. The molecule has 0 bridgehead atoms. The number of hydrogen-bond acceptors (Lipinski definition) is 2. The molecule has 0 aliphatic heterocycles. The van der Waals surface area contributed by atoms with E-state index < -0.39 is 0 Å². The topological polar surface area (TPSA) is 57.4 Å². The summed E-state index contributed by atoms with van der Waals surface area (Å²) >= 11 is 0. The molecule has 4 heteroatoms. The minimum atomic E-state index is 0.594. The SMILES string of the molecule is N#Cc1ccc2c3ccccc3n(-c3cccc(C#N)c3-c3ccc(-c4cccc(-n5c6ccccc6c6ccccc65)c4)cc3)c2c1. The van der Waals surface area contributed by atoms with Crippen molar-refractivity contribution < 1.29 is 0 Å². The highest BCUT2D eigenvalue weighted by molar-refractivity contribution is 6.11. The predicted molar refractivity (Wildman–Crippen MR) is 195 cm³/mol. The average molecular weight is 611 g/mol. The van der Waals surface area contributed by atoms with Crippen molar-refractivity contribution in [1.82, 2.24) is 9.13 Å². The zero-order valence-electron chi connectivity index (χ0n) is 25.8. The Morgan fingerprint density at radius 2 is 0.979 bits per heavy atom. The van der Waals surface area contributed by atoms with Crippen LogP contribution in [0.25, 0.3) is 77.2 Å². The van der Waals surface area contributed by atoms with Crippen LogP contribution < -0.4 is 0 Å². The Morgan fingerprint density at radius 3 is 1.62 bits per heavy atom. The van der Waals surface area contributed by atoms with E-state index in [0.29, 0.717) is 11.1 Å². The molecule has 0 spiro atoms. The third-order valence-corrected chi connectivity index (χ3v) is 9.40. The van der Waals surface area contributed by atoms with Crippen molar-refractivity contribution in [2.24, 2.45) is 0 Å². The highest BCUT2D eigenvalue weighted by Crippen LogP contribution is 2.39. The van der Waals surface area contributed by atoms with E-state index in [1.807, 2.05) is 42.5 Å². The first-order valence-electron chi connectivity index (χ1n) is 15.9. The first kappa shape index (κ1) is 27.4. The van der Waals surface area contributed by atoms with Gasteiger partial charge in [0.05, 0.1) is 51.0 Å². The van der Waals surface area contributed by atoms with E-state index in [2.05, 4.69) is 137 Å². The van der Waals surface area contributed by atoms with Gasteiger partial charge in [0.15, 0.2) is 0 Å². The van der Waals surface area contributed by atoms with Crippen LogP contribution in [-0.4, -0.2) is 9.13 Å². The lowest BCUT2D eigenvalue weighted by Gasteiger charge is -2.16. The summed E-state index contributed by atoms with van der Waals surface area (Å²) < 4.78 is 4.52. The van der Waals surface area contributed by atoms with Crippen LogP contribution in [0.4, 0.5) is 0 Å². The minimum Gasteiger partial charge on any atom is -0.309 e. The molecule has 9 aromatic rings. The van der Waals surface area contributed by atoms with Gasteiger partial charge in [-0.25, -0.2) is 0 Å². The van der Waals surface area contributed by atoms with Gasteiger partial charge in [-0.05, 0) is 71.3 Å². The quantitative estimate of drug-likeness (QED) is 0.199. The first-order valence-corrected chi connectivity index (χ1v) is 15.9. The Labute approximate surface area is 277 Å². The maximum atomic E-state index is 10.3. The number of aromatic nitrogens is 2. The molecule has 0 N–H and O–H groups in total. The van der Waals surface area contributed by atoms with E-state index in [4.69, 9.17) is 0 Å². The predicted octanol–water partition coefficient (Wildman–Crippen LogP) is 11.0. The van der Waals surface area contributed by atoms with Crippen molar-refractivity contribution in [3.05, 3.63) is 169 Å². The summed E-state index contributed by atoms with van der Waals surface area (Å²) in [6, 6.07) is 58.9. The van der Waals surface area contributed by atoms with E-state index in [1.54, 1.807) is 0 Å². The third kappa shape index (κ3) is 4.14. The zero-order valence-corrected chi connectivity index (χ0v) is 25.8. The monoisotopic (exact) mass is 610 g/mol. The van der Waals surface area contributed by atoms with Gasteiger partial charge in [0.2, 0.25) is 0 Å². The van der Waals surface area contributed by atoms with Crippen LogP contribution in [0.2, 0.25) is 0 Å². The Hall–Kier alpha value is -6.88. The van der Waals surface area contributed by atoms with Crippen LogP contribution in [-0.2, 0) is 0 Å². The summed E-state index contributed by atoms with van der Waals surface area (Å²) in [4.78, 5) is 0. The maximum Gasteiger partial charge on any atom is 0.0998 e. The van der Waals surface area contributed by atoms with Gasteiger partial charge in [-0.2, -0.15) is 10.5 Å². The molecule has 0 atom stereocenters. The molecule has 0 radical (unpaired) electrons. The molecule has 2 aromatic heterocycles. The third-order valence-electron chi connectivity index (χ3n) is 9.40. The summed E-state index contributed by atoms with van der Waals surface area (Å²) in [5.74, 6) is 0. The molecule has 0 saturated carbocycles. The summed E-state index contributed by atoms with van der Waals surface area (Å²) in [5, 5.41) is 24.7. The Bertz CT molecular complexity index is 2750. The fraction of sp³-hybridized carbons (Fsp3) is 0. The number of benzene rings is 7. The van der Waals surface area contributed by atoms with Crippen molar-refractivity contribution in [3.63, 3.8) is 0 Å². The second-order valence-corrected chi connectivity index (χ2v) is 12.0. The summed E-state index contributed by atoms with van der Waals surface area (Å²) in [5.41, 5.74) is 11.5. The zero-order chi connectivity index (χ0) is 32.2. The highest BCUT2D eigenvalue weighted by Gasteiger charge is 2.19. The van der Waals surface area contributed by atoms with Gasteiger partial charge in [0.1, 0.15) is 0 Å². The van der Waals surface area contributed by atoms with Crippen molar-refractivity contribution in [2.75, 3.05) is 0 Å². The molecule has 0 aliphatic carbocycles. The van der Waals surface area contributed by atoms with E-state index in [9.17, 15) is 10.5 Å². The van der Waals surface area contributed by atoms with Gasteiger partial charge in [0.25, 0.3) is 0 Å². The number of nitriles is 2. The summed E-state index contributed by atoms with van der Waals surface area (Å²) in [6.07, 6.45) is 0. The lowest BCUT2D eigenvalue weighted by atomic mass is 9.95. The molecule has 7 aromatic carbocycles. The molecule has 0 fully saturated rings. The van der Waals surface area contributed by atoms with Crippen LogP contribution in [0, 0.1) is 22.7 Å². The van der Waals surface area contributed by atoms with E-state index in [0.717, 1.165) is 55.4 Å². The fourth-order valence-corrected chi connectivity index (χ4v) is 7.28. The van der Waals surface area contributed by atoms with Crippen LogP contribution in [0.5, 0.6) is 0 Å². The fourth-order valence-electron chi connectivity index (χ4n) is 7.28. The van der Waals surface area contributed by atoms with Crippen molar-refractivity contribution in [2.45, 2.75) is 0 Å². The highest BCUT2D eigenvalue weighted by atomic mass is 15.0. The molecule has 4 nitrogen and oxygen atoms in total. The van der Waals surface area contributed by atoms with Crippen LogP contribution >= 0.6 is 0 Å². The van der Waals surface area contributed by atoms with Gasteiger partial charge in [-0.1, -0.05) is 103 Å². The lowest BCUT2D eigenvalue weighted by molar-refractivity contribution is 1.18. The first-order chi connectivity index (χ1) is 23.7. The standard InChI is InChI=1S/C44H26N4/c45-27-29-19-24-38-37-14-3-6-17-41(37)48(43(38)25-29)42-18-8-10-33(28-46)44(42)31-22-20-30(21-23-31)32-9-7-11-34(26-32)47-39-15-4-1-12-35(39)36-13-2-5-16-40(36)47/h1-26H. The van der Waals surface area contributed by atoms with Gasteiger partial charge >= 0.3 is 0 Å². The smallest absolute Gasteiger partial charge is 0.0998 e. The summed E-state index contributed by atoms with van der Waals surface area (Å²) in [7, 11) is 0. The van der Waals surface area contributed by atoms with Gasteiger partial charge in [-0.15, -0.1) is 0 Å². The minimum absolute atomic E-state index is 0.594. The molecule has 48 heavy (non-hydrogen) atoms. The molecule has 0 unspecified atom stereocenters. The Morgan fingerprint density at radius 1 is 0.396 bits per heavy atom. The molecule has 0 aliphatic rings. The van der Waals surface area contributed by atoms with E-state index in [1.165, 1.54) is 21.8 Å². The van der Waals surface area contributed by atoms with Crippen molar-refractivity contribution in [1.29, 1.82) is 10.5 Å². The second kappa shape index (κ2) is 10.9. The molecule has 2 heterocycles. The largest absolute Gasteiger partial charge is 0.309 e. The molecular weight excluding hydrogens is 585 g/mol. The number of hydrogen-bond donors (Lipinski definition) is 0. The van der Waals surface area contributed by atoms with Gasteiger partial charge in [0, 0.05) is 32.8 Å². The number of rotatable bonds is 4. The van der Waals surface area contributed by atoms with Crippen LogP contribution in [0.3, 0.4) is 0 Å². The number of para-hydroxylation sites is 3. The summed E-state index contributed by atoms with van der Waals surface area (Å²) in [6.45, 7) is 0. The molecular formula is C44H26N4. The van der Waals surface area contributed by atoms with Crippen molar-refractivity contribution in [3.8, 4) is 45.8 Å². The van der Waals surface area contributed by atoms with Crippen molar-refractivity contribution >= 4 is 43.6 Å². The van der Waals surface area contributed by atoms with Crippen LogP contribution in [0.15, 0.2) is 158 Å². The average Bonchev–Trinajstić information content (AvgIpc) is 3.67. The maximum absolute atomic E-state index is 10.3. The van der Waals surface area contributed by atoms with E-state index in [-0.39, 0.29) is 0 Å². The second-order valence-electron chi connectivity index (χ2n) is 12.0. The van der Waals surface area contributed by atoms with Gasteiger partial charge < -0.3 is 9.13 Å². The molecule has 0 saturated heterocycles. The molecule has 9 rings (SSSR count). The molecule has 0 amide bonds. The Kier molecular flexibility index (Phi) is 6.22.